The molecular weight excluding hydrogens is 441 g/mol. The van der Waals surface area contributed by atoms with E-state index in [1.54, 1.807) is 30.3 Å². The van der Waals surface area contributed by atoms with Crippen LogP contribution >= 0.6 is 0 Å². The van der Waals surface area contributed by atoms with Crippen molar-refractivity contribution in [2.24, 2.45) is 0 Å². The Balaban J connectivity index is 1.49. The third-order valence-electron chi connectivity index (χ3n) is 5.97. The second-order valence-corrected chi connectivity index (χ2v) is 8.48. The van der Waals surface area contributed by atoms with Crippen LogP contribution in [0.5, 0.6) is 5.75 Å². The van der Waals surface area contributed by atoms with E-state index in [1.165, 1.54) is 18.2 Å². The minimum atomic E-state index is -0.996. The van der Waals surface area contributed by atoms with Crippen molar-refractivity contribution >= 4 is 0 Å². The number of halogens is 3. The van der Waals surface area contributed by atoms with Gasteiger partial charge in [0, 0.05) is 11.5 Å². The third-order valence-corrected chi connectivity index (χ3v) is 5.97. The Morgan fingerprint density at radius 2 is 1.47 bits per heavy atom. The van der Waals surface area contributed by atoms with Crippen molar-refractivity contribution in [1.29, 1.82) is 0 Å². The predicted molar refractivity (Wildman–Crippen MR) is 126 cm³/mol. The lowest BCUT2D eigenvalue weighted by Crippen LogP contribution is -2.31. The lowest BCUT2D eigenvalue weighted by atomic mass is 9.95. The summed E-state index contributed by atoms with van der Waals surface area (Å²) < 4.78 is 60.5. The van der Waals surface area contributed by atoms with Crippen LogP contribution in [0.1, 0.15) is 44.6 Å². The summed E-state index contributed by atoms with van der Waals surface area (Å²) in [6.07, 6.45) is 2.29. The normalized spacial score (nSPS) is 18.1. The average Bonchev–Trinajstić information content (AvgIpc) is 2.86. The fraction of sp³-hybridized carbons (Fsp3) is 0.357. The zero-order chi connectivity index (χ0) is 24.1. The monoisotopic (exact) mass is 470 g/mol. The molecule has 3 aromatic carbocycles. The standard InChI is InChI=1S/C28H29F3O3/c1-3-5-26-33-16-21(17-34-26)22-11-10-20(15-24(22)29)18-6-8-19(9-7-18)23-12-13-25(32-14-4-2)28(31)27(23)30/h6-13,15,21,26H,3-5,14,16-17H2,1-2H3. The molecule has 1 aliphatic heterocycles. The van der Waals surface area contributed by atoms with Crippen molar-refractivity contribution in [3.63, 3.8) is 0 Å². The molecule has 0 aliphatic carbocycles. The fourth-order valence-electron chi connectivity index (χ4n) is 4.08. The topological polar surface area (TPSA) is 27.7 Å². The number of benzene rings is 3. The number of hydrogen-bond donors (Lipinski definition) is 0. The SMILES string of the molecule is CCCOc1ccc(-c2ccc(-c3ccc(C4COC(CCC)OC4)c(F)c3)cc2)c(F)c1F. The van der Waals surface area contributed by atoms with E-state index in [2.05, 4.69) is 6.92 Å². The second kappa shape index (κ2) is 11.1. The summed E-state index contributed by atoms with van der Waals surface area (Å²) in [6.45, 7) is 5.14. The van der Waals surface area contributed by atoms with E-state index in [9.17, 15) is 13.2 Å². The molecule has 0 N–H and O–H groups in total. The van der Waals surface area contributed by atoms with Crippen LogP contribution in [0.4, 0.5) is 13.2 Å². The van der Waals surface area contributed by atoms with Gasteiger partial charge in [-0.3, -0.25) is 0 Å². The summed E-state index contributed by atoms with van der Waals surface area (Å²) in [5.41, 5.74) is 2.71. The lowest BCUT2D eigenvalue weighted by molar-refractivity contribution is -0.190. The molecule has 3 nitrogen and oxygen atoms in total. The summed E-state index contributed by atoms with van der Waals surface area (Å²) in [7, 11) is 0. The van der Waals surface area contributed by atoms with Gasteiger partial charge in [-0.15, -0.1) is 0 Å². The maximum absolute atomic E-state index is 14.9. The Bertz CT molecular complexity index is 1110. The van der Waals surface area contributed by atoms with Gasteiger partial charge in [-0.05, 0) is 53.3 Å². The highest BCUT2D eigenvalue weighted by molar-refractivity contribution is 5.71. The van der Waals surface area contributed by atoms with E-state index in [0.29, 0.717) is 42.9 Å². The summed E-state index contributed by atoms with van der Waals surface area (Å²) in [4.78, 5) is 0. The molecule has 0 unspecified atom stereocenters. The van der Waals surface area contributed by atoms with Crippen LogP contribution in [0.2, 0.25) is 0 Å². The van der Waals surface area contributed by atoms with Crippen LogP contribution in [0.25, 0.3) is 22.3 Å². The molecule has 0 radical (unpaired) electrons. The van der Waals surface area contributed by atoms with Crippen LogP contribution in [0.15, 0.2) is 54.6 Å². The molecule has 180 valence electrons. The van der Waals surface area contributed by atoms with Crippen LogP contribution < -0.4 is 4.74 Å². The molecule has 1 aliphatic rings. The Morgan fingerprint density at radius 3 is 2.12 bits per heavy atom. The van der Waals surface area contributed by atoms with Crippen molar-refractivity contribution < 1.29 is 27.4 Å². The zero-order valence-corrected chi connectivity index (χ0v) is 19.5. The van der Waals surface area contributed by atoms with E-state index >= 15 is 0 Å². The summed E-state index contributed by atoms with van der Waals surface area (Å²) in [5, 5.41) is 0. The van der Waals surface area contributed by atoms with Gasteiger partial charge in [-0.2, -0.15) is 4.39 Å². The van der Waals surface area contributed by atoms with Crippen molar-refractivity contribution in [3.05, 3.63) is 77.6 Å². The first-order valence-corrected chi connectivity index (χ1v) is 11.8. The molecular formula is C28H29F3O3. The molecule has 0 amide bonds. The van der Waals surface area contributed by atoms with Gasteiger partial charge >= 0.3 is 0 Å². The van der Waals surface area contributed by atoms with E-state index < -0.39 is 11.6 Å². The quantitative estimate of drug-likeness (QED) is 0.341. The van der Waals surface area contributed by atoms with Gasteiger partial charge in [0.15, 0.2) is 17.9 Å². The molecule has 4 rings (SSSR count). The molecule has 1 fully saturated rings. The molecule has 0 aromatic heterocycles. The average molecular weight is 471 g/mol. The summed E-state index contributed by atoms with van der Waals surface area (Å²) in [6, 6.07) is 15.0. The molecule has 1 saturated heterocycles. The van der Waals surface area contributed by atoms with Crippen molar-refractivity contribution in [2.45, 2.75) is 45.3 Å². The van der Waals surface area contributed by atoms with Crippen LogP contribution in [0, 0.1) is 17.5 Å². The van der Waals surface area contributed by atoms with E-state index in [-0.39, 0.29) is 29.3 Å². The van der Waals surface area contributed by atoms with Gasteiger partial charge in [-0.1, -0.05) is 56.7 Å². The highest BCUT2D eigenvalue weighted by Gasteiger charge is 2.25. The number of hydrogen-bond acceptors (Lipinski definition) is 3. The van der Waals surface area contributed by atoms with Gasteiger partial charge in [0.05, 0.1) is 19.8 Å². The Morgan fingerprint density at radius 1 is 0.794 bits per heavy atom. The van der Waals surface area contributed by atoms with Gasteiger partial charge in [0.1, 0.15) is 5.82 Å². The molecule has 0 spiro atoms. The number of ether oxygens (including phenoxy) is 3. The lowest BCUT2D eigenvalue weighted by Gasteiger charge is -2.29. The molecule has 3 aromatic rings. The first-order chi connectivity index (χ1) is 16.5. The first kappa shape index (κ1) is 24.3. The van der Waals surface area contributed by atoms with Crippen LogP contribution in [-0.4, -0.2) is 26.1 Å². The van der Waals surface area contributed by atoms with Crippen molar-refractivity contribution in [3.8, 4) is 28.0 Å². The van der Waals surface area contributed by atoms with Crippen molar-refractivity contribution in [1.82, 2.24) is 0 Å². The molecule has 1 heterocycles. The van der Waals surface area contributed by atoms with Crippen LogP contribution in [0.3, 0.4) is 0 Å². The summed E-state index contributed by atoms with van der Waals surface area (Å²) >= 11 is 0. The Hall–Kier alpha value is -2.83. The molecule has 0 saturated carbocycles. The fourth-order valence-corrected chi connectivity index (χ4v) is 4.08. The maximum Gasteiger partial charge on any atom is 0.201 e. The van der Waals surface area contributed by atoms with Gasteiger partial charge in [-0.25, -0.2) is 8.78 Å². The minimum absolute atomic E-state index is 0.0927. The summed E-state index contributed by atoms with van der Waals surface area (Å²) in [5.74, 6) is -2.50. The maximum atomic E-state index is 14.9. The van der Waals surface area contributed by atoms with Gasteiger partial charge in [0.25, 0.3) is 0 Å². The third kappa shape index (κ3) is 5.29. The molecule has 6 heteroatoms. The Labute approximate surface area is 198 Å². The Kier molecular flexibility index (Phi) is 7.91. The van der Waals surface area contributed by atoms with E-state index in [4.69, 9.17) is 14.2 Å². The van der Waals surface area contributed by atoms with Gasteiger partial charge < -0.3 is 14.2 Å². The second-order valence-electron chi connectivity index (χ2n) is 8.48. The predicted octanol–water partition coefficient (Wildman–Crippen LogP) is 7.48. The molecule has 0 atom stereocenters. The molecule has 34 heavy (non-hydrogen) atoms. The van der Waals surface area contributed by atoms with E-state index in [1.807, 2.05) is 13.0 Å². The van der Waals surface area contributed by atoms with Crippen molar-refractivity contribution in [2.75, 3.05) is 19.8 Å². The number of rotatable bonds is 8. The first-order valence-electron chi connectivity index (χ1n) is 11.8. The zero-order valence-electron chi connectivity index (χ0n) is 19.5. The smallest absolute Gasteiger partial charge is 0.201 e. The highest BCUT2D eigenvalue weighted by atomic mass is 19.2. The minimum Gasteiger partial charge on any atom is -0.490 e. The van der Waals surface area contributed by atoms with Crippen LogP contribution in [-0.2, 0) is 9.47 Å². The largest absolute Gasteiger partial charge is 0.490 e. The van der Waals surface area contributed by atoms with Gasteiger partial charge in [0.2, 0.25) is 5.82 Å². The van der Waals surface area contributed by atoms with E-state index in [0.717, 1.165) is 18.4 Å². The molecule has 0 bridgehead atoms. The highest BCUT2D eigenvalue weighted by Crippen LogP contribution is 2.33.